The van der Waals surface area contributed by atoms with Crippen LogP contribution in [0.4, 0.5) is 10.5 Å². The van der Waals surface area contributed by atoms with E-state index in [0.717, 1.165) is 5.75 Å². The van der Waals surface area contributed by atoms with Gasteiger partial charge < -0.3 is 10.1 Å². The highest BCUT2D eigenvalue weighted by molar-refractivity contribution is 5.90. The molecule has 1 heterocycles. The first kappa shape index (κ1) is 10.2. The summed E-state index contributed by atoms with van der Waals surface area (Å²) in [5.41, 5.74) is 0.708. The van der Waals surface area contributed by atoms with Crippen molar-refractivity contribution in [2.24, 2.45) is 0 Å². The summed E-state index contributed by atoms with van der Waals surface area (Å²) in [5.74, 6) is 0.751. The molecule has 0 aliphatic rings. The largest absolute Gasteiger partial charge is 0.497 e. The molecule has 2 rings (SSSR count). The van der Waals surface area contributed by atoms with Gasteiger partial charge >= 0.3 is 6.03 Å². The van der Waals surface area contributed by atoms with Crippen LogP contribution < -0.4 is 10.1 Å². The Bertz CT molecular complexity index is 462. The first-order valence-electron chi connectivity index (χ1n) is 4.73. The molecular formula is C11H11N3O2. The van der Waals surface area contributed by atoms with Crippen molar-refractivity contribution in [1.82, 2.24) is 9.55 Å². The molecule has 0 unspecified atom stereocenters. The van der Waals surface area contributed by atoms with Crippen LogP contribution in [0.5, 0.6) is 5.75 Å². The molecule has 0 radical (unpaired) electrons. The number of methoxy groups -OCH3 is 1. The number of imidazole rings is 1. The number of ether oxygens (including phenoxy) is 1. The van der Waals surface area contributed by atoms with Crippen molar-refractivity contribution in [3.63, 3.8) is 0 Å². The minimum atomic E-state index is -0.248. The van der Waals surface area contributed by atoms with E-state index in [0.29, 0.717) is 5.69 Å². The molecule has 82 valence electrons. The van der Waals surface area contributed by atoms with Crippen LogP contribution in [0.2, 0.25) is 0 Å². The van der Waals surface area contributed by atoms with Gasteiger partial charge in [-0.05, 0) is 24.3 Å². The molecule has 0 bridgehead atoms. The van der Waals surface area contributed by atoms with Crippen molar-refractivity contribution in [3.05, 3.63) is 43.0 Å². The predicted octanol–water partition coefficient (Wildman–Crippen LogP) is 1.97. The number of benzene rings is 1. The summed E-state index contributed by atoms with van der Waals surface area (Å²) in [7, 11) is 1.60. The average molecular weight is 217 g/mol. The van der Waals surface area contributed by atoms with Gasteiger partial charge in [0.05, 0.1) is 7.11 Å². The van der Waals surface area contributed by atoms with Gasteiger partial charge in [0, 0.05) is 18.1 Å². The lowest BCUT2D eigenvalue weighted by atomic mass is 10.3. The highest BCUT2D eigenvalue weighted by Crippen LogP contribution is 2.14. The molecule has 1 N–H and O–H groups in total. The highest BCUT2D eigenvalue weighted by Gasteiger charge is 2.03. The van der Waals surface area contributed by atoms with Crippen LogP contribution in [0.1, 0.15) is 0 Å². The molecule has 0 atom stereocenters. The number of rotatable bonds is 2. The Labute approximate surface area is 92.7 Å². The van der Waals surface area contributed by atoms with Crippen molar-refractivity contribution in [2.75, 3.05) is 12.4 Å². The maximum absolute atomic E-state index is 11.6. The third-order valence-electron chi connectivity index (χ3n) is 2.08. The zero-order valence-electron chi connectivity index (χ0n) is 8.75. The smallest absolute Gasteiger partial charge is 0.331 e. The maximum atomic E-state index is 11.6. The van der Waals surface area contributed by atoms with Crippen molar-refractivity contribution in [2.45, 2.75) is 0 Å². The molecule has 5 heteroatoms. The van der Waals surface area contributed by atoms with E-state index in [-0.39, 0.29) is 6.03 Å². The summed E-state index contributed by atoms with van der Waals surface area (Å²) < 4.78 is 6.38. The first-order valence-corrected chi connectivity index (χ1v) is 4.73. The van der Waals surface area contributed by atoms with Crippen LogP contribution in [-0.2, 0) is 0 Å². The second-order valence-electron chi connectivity index (χ2n) is 3.13. The van der Waals surface area contributed by atoms with Gasteiger partial charge in [-0.3, -0.25) is 4.57 Å². The summed E-state index contributed by atoms with van der Waals surface area (Å²) in [6.07, 6.45) is 4.57. The van der Waals surface area contributed by atoms with Crippen LogP contribution >= 0.6 is 0 Å². The zero-order chi connectivity index (χ0) is 11.4. The number of carbonyl (C=O) groups is 1. The molecule has 0 fully saturated rings. The molecule has 0 saturated carbocycles. The molecule has 0 saturated heterocycles. The number of hydrogen-bond acceptors (Lipinski definition) is 3. The topological polar surface area (TPSA) is 56.1 Å². The van der Waals surface area contributed by atoms with Crippen LogP contribution in [0, 0.1) is 0 Å². The van der Waals surface area contributed by atoms with Gasteiger partial charge in [-0.25, -0.2) is 9.78 Å². The highest BCUT2D eigenvalue weighted by atomic mass is 16.5. The Kier molecular flexibility index (Phi) is 2.86. The van der Waals surface area contributed by atoms with E-state index in [4.69, 9.17) is 4.74 Å². The van der Waals surface area contributed by atoms with E-state index in [2.05, 4.69) is 10.3 Å². The van der Waals surface area contributed by atoms with Crippen LogP contribution in [0.25, 0.3) is 0 Å². The molecule has 2 aromatic rings. The molecule has 0 spiro atoms. The minimum absolute atomic E-state index is 0.248. The monoisotopic (exact) mass is 217 g/mol. The van der Waals surface area contributed by atoms with E-state index in [9.17, 15) is 4.79 Å². The molecule has 1 aromatic heterocycles. The number of carbonyl (C=O) groups excluding carboxylic acids is 1. The number of aromatic nitrogens is 2. The van der Waals surface area contributed by atoms with Gasteiger partial charge in [-0.2, -0.15) is 0 Å². The van der Waals surface area contributed by atoms with Crippen LogP contribution in [-0.4, -0.2) is 22.7 Å². The Morgan fingerprint density at radius 3 is 2.69 bits per heavy atom. The van der Waals surface area contributed by atoms with Gasteiger partial charge in [0.15, 0.2) is 0 Å². The van der Waals surface area contributed by atoms with E-state index < -0.39 is 0 Å². The zero-order valence-corrected chi connectivity index (χ0v) is 8.75. The Balaban J connectivity index is 2.06. The molecular weight excluding hydrogens is 206 g/mol. The quantitative estimate of drug-likeness (QED) is 0.836. The predicted molar refractivity (Wildman–Crippen MR) is 59.6 cm³/mol. The van der Waals surface area contributed by atoms with E-state index in [1.807, 2.05) is 0 Å². The lowest BCUT2D eigenvalue weighted by molar-refractivity contribution is 0.253. The third kappa shape index (κ3) is 2.20. The maximum Gasteiger partial charge on any atom is 0.331 e. The summed E-state index contributed by atoms with van der Waals surface area (Å²) in [6.45, 7) is 0. The van der Waals surface area contributed by atoms with Gasteiger partial charge in [0.1, 0.15) is 12.1 Å². The molecule has 1 aromatic carbocycles. The number of anilines is 1. The molecule has 5 nitrogen and oxygen atoms in total. The SMILES string of the molecule is COc1ccc(NC(=O)n2ccnc2)cc1. The molecule has 1 amide bonds. The summed E-state index contributed by atoms with van der Waals surface area (Å²) in [6, 6.07) is 6.86. The second-order valence-corrected chi connectivity index (χ2v) is 3.13. The van der Waals surface area contributed by atoms with Crippen molar-refractivity contribution < 1.29 is 9.53 Å². The van der Waals surface area contributed by atoms with Crippen molar-refractivity contribution in [1.29, 1.82) is 0 Å². The molecule has 0 aliphatic carbocycles. The normalized spacial score (nSPS) is 9.81. The lowest BCUT2D eigenvalue weighted by Gasteiger charge is -2.05. The summed E-state index contributed by atoms with van der Waals surface area (Å²) in [5, 5.41) is 2.72. The van der Waals surface area contributed by atoms with E-state index in [1.165, 1.54) is 10.9 Å². The number of hydrogen-bond donors (Lipinski definition) is 1. The number of nitrogens with one attached hydrogen (secondary N) is 1. The van der Waals surface area contributed by atoms with Gasteiger partial charge in [0.2, 0.25) is 0 Å². The van der Waals surface area contributed by atoms with Gasteiger partial charge in [0.25, 0.3) is 0 Å². The fraction of sp³-hybridized carbons (Fsp3) is 0.0909. The minimum Gasteiger partial charge on any atom is -0.497 e. The third-order valence-corrected chi connectivity index (χ3v) is 2.08. The summed E-state index contributed by atoms with van der Waals surface area (Å²) in [4.78, 5) is 15.4. The number of amides is 1. The van der Waals surface area contributed by atoms with Crippen LogP contribution in [0.3, 0.4) is 0 Å². The Morgan fingerprint density at radius 1 is 1.38 bits per heavy atom. The fourth-order valence-corrected chi connectivity index (χ4v) is 1.24. The lowest BCUT2D eigenvalue weighted by Crippen LogP contribution is -2.17. The van der Waals surface area contributed by atoms with Crippen LogP contribution in [0.15, 0.2) is 43.0 Å². The second kappa shape index (κ2) is 4.48. The number of nitrogens with zero attached hydrogens (tertiary/aromatic N) is 2. The fourth-order valence-electron chi connectivity index (χ4n) is 1.24. The average Bonchev–Trinajstić information content (AvgIpc) is 2.83. The summed E-state index contributed by atoms with van der Waals surface area (Å²) >= 11 is 0. The van der Waals surface area contributed by atoms with Gasteiger partial charge in [-0.15, -0.1) is 0 Å². The first-order chi connectivity index (χ1) is 7.79. The van der Waals surface area contributed by atoms with E-state index in [1.54, 1.807) is 43.8 Å². The Morgan fingerprint density at radius 2 is 2.12 bits per heavy atom. The van der Waals surface area contributed by atoms with E-state index >= 15 is 0 Å². The Hall–Kier alpha value is -2.30. The van der Waals surface area contributed by atoms with Crippen molar-refractivity contribution >= 4 is 11.7 Å². The molecule has 16 heavy (non-hydrogen) atoms. The van der Waals surface area contributed by atoms with Gasteiger partial charge in [-0.1, -0.05) is 0 Å². The molecule has 0 aliphatic heterocycles. The standard InChI is InChI=1S/C11H11N3O2/c1-16-10-4-2-9(3-5-10)13-11(15)14-7-6-12-8-14/h2-8H,1H3,(H,13,15). The van der Waals surface area contributed by atoms with Crippen molar-refractivity contribution in [3.8, 4) is 5.75 Å².